The average Bonchev–Trinajstić information content (AvgIpc) is 3.24. The van der Waals surface area contributed by atoms with Crippen LogP contribution in [0, 0.1) is 18.6 Å². The average molecular weight is 467 g/mol. The Morgan fingerprint density at radius 2 is 1.85 bits per heavy atom. The Kier molecular flexibility index (Phi) is 6.69. The normalized spacial score (nSPS) is 10.8. The Labute approximate surface area is 193 Å². The summed E-state index contributed by atoms with van der Waals surface area (Å²) in [6.07, 6.45) is 0. The highest BCUT2D eigenvalue weighted by molar-refractivity contribution is 7.99. The number of anilines is 1. The van der Waals surface area contributed by atoms with Crippen molar-refractivity contribution < 1.29 is 18.3 Å². The van der Waals surface area contributed by atoms with Crippen molar-refractivity contribution in [1.82, 2.24) is 14.8 Å². The lowest BCUT2D eigenvalue weighted by molar-refractivity contribution is -0.113. The molecule has 0 aliphatic heterocycles. The number of halogens is 2. The minimum absolute atomic E-state index is 0.0714. The Morgan fingerprint density at radius 1 is 1.06 bits per heavy atom. The first-order valence-corrected chi connectivity index (χ1v) is 11.0. The lowest BCUT2D eigenvalue weighted by Crippen LogP contribution is -2.15. The molecule has 1 aromatic heterocycles. The second kappa shape index (κ2) is 9.83. The number of benzene rings is 3. The zero-order valence-corrected chi connectivity index (χ0v) is 18.7. The van der Waals surface area contributed by atoms with Gasteiger partial charge in [-0.3, -0.25) is 9.36 Å². The van der Waals surface area contributed by atoms with E-state index >= 15 is 0 Å². The van der Waals surface area contributed by atoms with Gasteiger partial charge in [0.05, 0.1) is 18.6 Å². The van der Waals surface area contributed by atoms with Gasteiger partial charge >= 0.3 is 0 Å². The Balaban J connectivity index is 1.62. The van der Waals surface area contributed by atoms with Crippen LogP contribution in [0.25, 0.3) is 17.1 Å². The number of hydrogen-bond donors (Lipinski definition) is 1. The Bertz CT molecular complexity index is 1290. The van der Waals surface area contributed by atoms with E-state index in [1.54, 1.807) is 7.11 Å². The quantitative estimate of drug-likeness (QED) is 0.376. The molecule has 4 aromatic rings. The minimum Gasteiger partial charge on any atom is -0.497 e. The molecule has 0 spiro atoms. The van der Waals surface area contributed by atoms with Gasteiger partial charge in [0, 0.05) is 17.3 Å². The number of amides is 1. The summed E-state index contributed by atoms with van der Waals surface area (Å²) in [5.74, 6) is -0.597. The van der Waals surface area contributed by atoms with Gasteiger partial charge in [-0.15, -0.1) is 10.2 Å². The highest BCUT2D eigenvalue weighted by Crippen LogP contribution is 2.29. The predicted octanol–water partition coefficient (Wildman–Crippen LogP) is 5.26. The molecule has 0 unspecified atom stereocenters. The molecule has 168 valence electrons. The van der Waals surface area contributed by atoms with E-state index in [9.17, 15) is 13.6 Å². The fourth-order valence-electron chi connectivity index (χ4n) is 3.21. The summed E-state index contributed by atoms with van der Waals surface area (Å²) in [5, 5.41) is 11.5. The highest BCUT2D eigenvalue weighted by Gasteiger charge is 2.18. The second-order valence-corrected chi connectivity index (χ2v) is 8.11. The van der Waals surface area contributed by atoms with E-state index < -0.39 is 17.5 Å². The van der Waals surface area contributed by atoms with Crippen LogP contribution in [0.3, 0.4) is 0 Å². The lowest BCUT2D eigenvalue weighted by Gasteiger charge is -2.12. The zero-order valence-electron chi connectivity index (χ0n) is 17.9. The third kappa shape index (κ3) is 5.20. The summed E-state index contributed by atoms with van der Waals surface area (Å²) in [6.45, 7) is 1.99. The van der Waals surface area contributed by atoms with Crippen LogP contribution in [0.15, 0.2) is 71.9 Å². The number of rotatable bonds is 7. The Hall–Kier alpha value is -3.72. The van der Waals surface area contributed by atoms with E-state index in [1.165, 1.54) is 0 Å². The molecular formula is C24H20F2N4O2S. The van der Waals surface area contributed by atoms with Crippen LogP contribution in [0.4, 0.5) is 14.5 Å². The van der Waals surface area contributed by atoms with Gasteiger partial charge in [0.2, 0.25) is 5.91 Å². The van der Waals surface area contributed by atoms with Gasteiger partial charge in [-0.25, -0.2) is 8.78 Å². The van der Waals surface area contributed by atoms with E-state index in [2.05, 4.69) is 15.5 Å². The van der Waals surface area contributed by atoms with Gasteiger partial charge in [0.1, 0.15) is 17.4 Å². The molecule has 0 radical (unpaired) electrons. The summed E-state index contributed by atoms with van der Waals surface area (Å²) >= 11 is 1.14. The molecule has 0 saturated heterocycles. The van der Waals surface area contributed by atoms with Crippen molar-refractivity contribution in [2.75, 3.05) is 18.2 Å². The topological polar surface area (TPSA) is 69.0 Å². The van der Waals surface area contributed by atoms with Gasteiger partial charge in [0.25, 0.3) is 0 Å². The number of methoxy groups -OCH3 is 1. The lowest BCUT2D eigenvalue weighted by atomic mass is 10.1. The first-order valence-electron chi connectivity index (χ1n) is 9.99. The maximum absolute atomic E-state index is 13.8. The maximum atomic E-state index is 13.8. The summed E-state index contributed by atoms with van der Waals surface area (Å²) in [7, 11) is 1.59. The van der Waals surface area contributed by atoms with Gasteiger partial charge < -0.3 is 10.1 Å². The number of aromatic nitrogens is 3. The fourth-order valence-corrected chi connectivity index (χ4v) is 3.96. The largest absolute Gasteiger partial charge is 0.497 e. The number of aryl methyl sites for hydroxylation is 1. The summed E-state index contributed by atoms with van der Waals surface area (Å²) in [5.41, 5.74) is 2.52. The summed E-state index contributed by atoms with van der Waals surface area (Å²) in [4.78, 5) is 12.4. The molecule has 3 aromatic carbocycles. The molecule has 1 heterocycles. The van der Waals surface area contributed by atoms with Crippen molar-refractivity contribution in [2.45, 2.75) is 12.1 Å². The molecule has 1 N–H and O–H groups in total. The van der Waals surface area contributed by atoms with Crippen molar-refractivity contribution in [1.29, 1.82) is 0 Å². The molecule has 0 atom stereocenters. The zero-order chi connectivity index (χ0) is 23.4. The van der Waals surface area contributed by atoms with Crippen molar-refractivity contribution in [3.8, 4) is 22.8 Å². The number of hydrogen-bond acceptors (Lipinski definition) is 5. The monoisotopic (exact) mass is 466 g/mol. The SMILES string of the molecule is COc1ccc(-n2c(SCC(=O)Nc3cc(F)ccc3F)nnc2-c2cccc(C)c2)cc1. The molecule has 1 amide bonds. The van der Waals surface area contributed by atoms with E-state index in [1.807, 2.05) is 60.0 Å². The van der Waals surface area contributed by atoms with Gasteiger partial charge in [0.15, 0.2) is 11.0 Å². The molecule has 0 saturated carbocycles. The van der Waals surface area contributed by atoms with Crippen molar-refractivity contribution in [3.05, 3.63) is 83.9 Å². The van der Waals surface area contributed by atoms with Crippen LogP contribution >= 0.6 is 11.8 Å². The molecule has 0 aliphatic rings. The van der Waals surface area contributed by atoms with Gasteiger partial charge in [-0.2, -0.15) is 0 Å². The molecule has 4 rings (SSSR count). The van der Waals surface area contributed by atoms with E-state index in [-0.39, 0.29) is 11.4 Å². The van der Waals surface area contributed by atoms with E-state index in [0.29, 0.717) is 16.7 Å². The first-order chi connectivity index (χ1) is 15.9. The summed E-state index contributed by atoms with van der Waals surface area (Å²) in [6, 6.07) is 18.1. The molecule has 0 bridgehead atoms. The van der Waals surface area contributed by atoms with Gasteiger partial charge in [-0.1, -0.05) is 35.5 Å². The van der Waals surface area contributed by atoms with Crippen LogP contribution < -0.4 is 10.1 Å². The maximum Gasteiger partial charge on any atom is 0.234 e. The summed E-state index contributed by atoms with van der Waals surface area (Å²) < 4.78 is 34.3. The molecule has 0 fully saturated rings. The molecular weight excluding hydrogens is 446 g/mol. The smallest absolute Gasteiger partial charge is 0.234 e. The van der Waals surface area contributed by atoms with Crippen LogP contribution in [-0.4, -0.2) is 33.5 Å². The van der Waals surface area contributed by atoms with E-state index in [4.69, 9.17) is 4.74 Å². The number of carbonyl (C=O) groups excluding carboxylic acids is 1. The number of ether oxygens (including phenoxy) is 1. The molecule has 33 heavy (non-hydrogen) atoms. The van der Waals surface area contributed by atoms with Crippen molar-refractivity contribution >= 4 is 23.4 Å². The number of thioether (sulfide) groups is 1. The molecule has 0 aliphatic carbocycles. The number of nitrogens with zero attached hydrogens (tertiary/aromatic N) is 3. The van der Waals surface area contributed by atoms with E-state index in [0.717, 1.165) is 46.8 Å². The van der Waals surface area contributed by atoms with Crippen LogP contribution in [0.5, 0.6) is 5.75 Å². The third-order valence-electron chi connectivity index (χ3n) is 4.78. The van der Waals surface area contributed by atoms with Crippen LogP contribution in [0.2, 0.25) is 0 Å². The number of nitrogens with one attached hydrogen (secondary N) is 1. The molecule has 6 nitrogen and oxygen atoms in total. The highest BCUT2D eigenvalue weighted by atomic mass is 32.2. The number of carbonyl (C=O) groups is 1. The van der Waals surface area contributed by atoms with Crippen LogP contribution in [-0.2, 0) is 4.79 Å². The standard InChI is InChI=1S/C24H20F2N4O2S/c1-15-4-3-5-16(12-15)23-28-29-24(30(23)18-7-9-19(32-2)10-8-18)33-14-22(31)27-21-13-17(25)6-11-20(21)26/h3-13H,14H2,1-2H3,(H,27,31). The predicted molar refractivity (Wildman–Crippen MR) is 124 cm³/mol. The third-order valence-corrected chi connectivity index (χ3v) is 5.70. The Morgan fingerprint density at radius 3 is 2.58 bits per heavy atom. The second-order valence-electron chi connectivity index (χ2n) is 7.17. The molecule has 9 heteroatoms. The van der Waals surface area contributed by atoms with Crippen molar-refractivity contribution in [3.63, 3.8) is 0 Å². The minimum atomic E-state index is -0.710. The van der Waals surface area contributed by atoms with Gasteiger partial charge in [-0.05, 0) is 49.4 Å². The first kappa shape index (κ1) is 22.5. The van der Waals surface area contributed by atoms with Crippen LogP contribution in [0.1, 0.15) is 5.56 Å². The fraction of sp³-hybridized carbons (Fsp3) is 0.125. The van der Waals surface area contributed by atoms with Crippen molar-refractivity contribution in [2.24, 2.45) is 0 Å².